The van der Waals surface area contributed by atoms with Crippen LogP contribution in [0.4, 0.5) is 0 Å². The molecule has 1 aromatic heterocycles. The van der Waals surface area contributed by atoms with E-state index in [4.69, 9.17) is 10.5 Å². The van der Waals surface area contributed by atoms with E-state index in [9.17, 15) is 4.79 Å². The van der Waals surface area contributed by atoms with Crippen molar-refractivity contribution in [1.29, 1.82) is 0 Å². The lowest BCUT2D eigenvalue weighted by Gasteiger charge is -2.12. The predicted octanol–water partition coefficient (Wildman–Crippen LogP) is -0.0108. The average molecular weight is 302 g/mol. The van der Waals surface area contributed by atoms with Crippen molar-refractivity contribution < 1.29 is 9.53 Å². The van der Waals surface area contributed by atoms with Crippen molar-refractivity contribution in [2.24, 2.45) is 5.73 Å². The molecule has 116 valence electrons. The molecule has 1 amide bonds. The van der Waals surface area contributed by atoms with Gasteiger partial charge >= 0.3 is 0 Å². The van der Waals surface area contributed by atoms with Crippen molar-refractivity contribution in [3.8, 4) is 11.4 Å². The largest absolute Gasteiger partial charge is 0.364 e. The Morgan fingerprint density at radius 1 is 1.36 bits per heavy atom. The van der Waals surface area contributed by atoms with Gasteiger partial charge in [0.15, 0.2) is 0 Å². The summed E-state index contributed by atoms with van der Waals surface area (Å²) in [4.78, 5) is 12.0. The summed E-state index contributed by atoms with van der Waals surface area (Å²) in [6, 6.07) is 7.63. The summed E-state index contributed by atoms with van der Waals surface area (Å²) in [6.45, 7) is 0.917. The molecule has 0 radical (unpaired) electrons. The summed E-state index contributed by atoms with van der Waals surface area (Å²) >= 11 is 0. The van der Waals surface area contributed by atoms with Crippen LogP contribution in [0.1, 0.15) is 18.4 Å². The van der Waals surface area contributed by atoms with Crippen LogP contribution in [0.2, 0.25) is 0 Å². The second-order valence-electron chi connectivity index (χ2n) is 5.21. The second kappa shape index (κ2) is 6.63. The zero-order valence-electron chi connectivity index (χ0n) is 12.0. The summed E-state index contributed by atoms with van der Waals surface area (Å²) in [5.74, 6) is 0.459. The third-order valence-electron chi connectivity index (χ3n) is 3.69. The van der Waals surface area contributed by atoms with E-state index in [1.165, 1.54) is 0 Å². The number of tetrazole rings is 1. The first kappa shape index (κ1) is 14.6. The third-order valence-corrected chi connectivity index (χ3v) is 3.69. The number of carbonyl (C=O) groups excluding carboxylic acids is 1. The first-order chi connectivity index (χ1) is 10.8. The molecule has 22 heavy (non-hydrogen) atoms. The number of benzene rings is 1. The highest BCUT2D eigenvalue weighted by molar-refractivity contribution is 5.81. The highest BCUT2D eigenvalue weighted by Crippen LogP contribution is 2.19. The van der Waals surface area contributed by atoms with E-state index in [2.05, 4.69) is 25.9 Å². The molecule has 3 rings (SSSR count). The fourth-order valence-corrected chi connectivity index (χ4v) is 2.43. The van der Waals surface area contributed by atoms with Crippen molar-refractivity contribution in [2.75, 3.05) is 6.54 Å². The minimum absolute atomic E-state index is 0.00462. The van der Waals surface area contributed by atoms with Gasteiger partial charge < -0.3 is 15.8 Å². The van der Waals surface area contributed by atoms with Gasteiger partial charge in [0, 0.05) is 18.7 Å². The molecule has 4 N–H and O–H groups in total. The number of rotatable bonds is 5. The fraction of sp³-hybridized carbons (Fsp3) is 0.429. The van der Waals surface area contributed by atoms with Crippen LogP contribution in [-0.2, 0) is 16.1 Å². The van der Waals surface area contributed by atoms with Gasteiger partial charge in [-0.15, -0.1) is 10.2 Å². The number of carbonyl (C=O) groups is 1. The van der Waals surface area contributed by atoms with Gasteiger partial charge in [0.25, 0.3) is 0 Å². The molecule has 1 aliphatic rings. The molecule has 2 aromatic rings. The van der Waals surface area contributed by atoms with Crippen LogP contribution in [0.3, 0.4) is 0 Å². The van der Waals surface area contributed by atoms with Crippen LogP contribution in [0.5, 0.6) is 0 Å². The number of aromatic amines is 1. The molecule has 0 bridgehead atoms. The first-order valence-corrected chi connectivity index (χ1v) is 7.22. The van der Waals surface area contributed by atoms with Gasteiger partial charge in [-0.1, -0.05) is 24.3 Å². The topological polar surface area (TPSA) is 119 Å². The Balaban J connectivity index is 1.52. The molecule has 1 saturated heterocycles. The molecular weight excluding hydrogens is 284 g/mol. The van der Waals surface area contributed by atoms with Crippen molar-refractivity contribution in [2.45, 2.75) is 31.6 Å². The highest BCUT2D eigenvalue weighted by Gasteiger charge is 2.29. The van der Waals surface area contributed by atoms with Crippen molar-refractivity contribution >= 4 is 5.91 Å². The first-order valence-electron chi connectivity index (χ1n) is 7.22. The second-order valence-corrected chi connectivity index (χ2v) is 5.21. The van der Waals surface area contributed by atoms with Crippen molar-refractivity contribution in [1.82, 2.24) is 25.9 Å². The van der Waals surface area contributed by atoms with E-state index in [-0.39, 0.29) is 18.1 Å². The van der Waals surface area contributed by atoms with Gasteiger partial charge in [0.05, 0.1) is 6.10 Å². The van der Waals surface area contributed by atoms with E-state index in [0.29, 0.717) is 18.9 Å². The molecule has 8 nitrogen and oxygen atoms in total. The van der Waals surface area contributed by atoms with E-state index < -0.39 is 0 Å². The Morgan fingerprint density at radius 3 is 2.82 bits per heavy atom. The molecule has 1 aliphatic heterocycles. The molecule has 0 unspecified atom stereocenters. The van der Waals surface area contributed by atoms with Gasteiger partial charge in [-0.25, -0.2) is 0 Å². The number of H-pyrrole nitrogens is 1. The van der Waals surface area contributed by atoms with E-state index >= 15 is 0 Å². The number of hydrogen-bond acceptors (Lipinski definition) is 6. The predicted molar refractivity (Wildman–Crippen MR) is 78.4 cm³/mol. The quantitative estimate of drug-likeness (QED) is 0.714. The molecule has 8 heteroatoms. The zero-order valence-corrected chi connectivity index (χ0v) is 12.0. The molecule has 2 heterocycles. The van der Waals surface area contributed by atoms with Crippen LogP contribution in [0.25, 0.3) is 11.4 Å². The minimum Gasteiger partial charge on any atom is -0.364 e. The van der Waals surface area contributed by atoms with E-state index in [0.717, 1.165) is 24.0 Å². The van der Waals surface area contributed by atoms with Gasteiger partial charge in [-0.05, 0) is 23.6 Å². The number of nitrogens with two attached hydrogens (primary N) is 1. The number of aromatic nitrogens is 4. The monoisotopic (exact) mass is 302 g/mol. The lowest BCUT2D eigenvalue weighted by molar-refractivity contribution is -0.132. The standard InChI is InChI=1S/C14H18N6O2/c15-7-11-5-6-12(22-11)14(21)16-8-9-1-3-10(4-2-9)13-17-19-20-18-13/h1-4,11-12H,5-8,15H2,(H,16,21)(H,17,18,19,20)/t11-,12+/m1/s1. The van der Waals surface area contributed by atoms with Gasteiger partial charge in [0.2, 0.25) is 11.7 Å². The Hall–Kier alpha value is -2.32. The minimum atomic E-state index is -0.382. The number of hydrogen-bond donors (Lipinski definition) is 3. The summed E-state index contributed by atoms with van der Waals surface area (Å²) in [5, 5.41) is 16.6. The summed E-state index contributed by atoms with van der Waals surface area (Å²) in [5.41, 5.74) is 7.41. The van der Waals surface area contributed by atoms with Crippen LogP contribution >= 0.6 is 0 Å². The normalized spacial score (nSPS) is 21.0. The highest BCUT2D eigenvalue weighted by atomic mass is 16.5. The molecule has 1 aromatic carbocycles. The number of nitrogens with one attached hydrogen (secondary N) is 2. The van der Waals surface area contributed by atoms with Crippen molar-refractivity contribution in [3.05, 3.63) is 29.8 Å². The SMILES string of the molecule is NC[C@H]1CC[C@@H](C(=O)NCc2ccc(-c3nn[nH]n3)cc2)O1. The van der Waals surface area contributed by atoms with Crippen LogP contribution in [0, 0.1) is 0 Å². The molecule has 0 saturated carbocycles. The van der Waals surface area contributed by atoms with Crippen molar-refractivity contribution in [3.63, 3.8) is 0 Å². The van der Waals surface area contributed by atoms with E-state index in [1.54, 1.807) is 0 Å². The lowest BCUT2D eigenvalue weighted by atomic mass is 10.1. The maximum Gasteiger partial charge on any atom is 0.249 e. The zero-order chi connectivity index (χ0) is 15.4. The molecular formula is C14H18N6O2. The maximum absolute atomic E-state index is 12.0. The Morgan fingerprint density at radius 2 is 2.18 bits per heavy atom. The van der Waals surface area contributed by atoms with E-state index in [1.807, 2.05) is 24.3 Å². The summed E-state index contributed by atoms with van der Waals surface area (Å²) in [7, 11) is 0. The van der Waals surface area contributed by atoms with Crippen LogP contribution in [-0.4, -0.2) is 45.3 Å². The fourth-order valence-electron chi connectivity index (χ4n) is 2.43. The Kier molecular flexibility index (Phi) is 4.40. The average Bonchev–Trinajstić information content (AvgIpc) is 3.24. The Bertz CT molecular complexity index is 613. The van der Waals surface area contributed by atoms with Crippen LogP contribution < -0.4 is 11.1 Å². The summed E-state index contributed by atoms with van der Waals surface area (Å²) in [6.07, 6.45) is 1.19. The number of nitrogens with zero attached hydrogens (tertiary/aromatic N) is 3. The molecule has 0 aliphatic carbocycles. The van der Waals surface area contributed by atoms with Gasteiger partial charge in [-0.2, -0.15) is 5.21 Å². The smallest absolute Gasteiger partial charge is 0.249 e. The third kappa shape index (κ3) is 3.29. The number of ether oxygens (including phenoxy) is 1. The Labute approximate surface area is 127 Å². The van der Waals surface area contributed by atoms with Gasteiger partial charge in [-0.3, -0.25) is 4.79 Å². The van der Waals surface area contributed by atoms with Gasteiger partial charge in [0.1, 0.15) is 6.10 Å². The molecule has 2 atom stereocenters. The summed E-state index contributed by atoms with van der Waals surface area (Å²) < 4.78 is 5.56. The molecule has 0 spiro atoms. The number of amides is 1. The lowest BCUT2D eigenvalue weighted by Crippen LogP contribution is -2.35. The molecule has 1 fully saturated rings. The maximum atomic E-state index is 12.0. The van der Waals surface area contributed by atoms with Crippen LogP contribution in [0.15, 0.2) is 24.3 Å².